The quantitative estimate of drug-likeness (QED) is 0.879. The Bertz CT molecular complexity index is 326. The van der Waals surface area contributed by atoms with Crippen molar-refractivity contribution in [3.8, 4) is 5.75 Å². The van der Waals surface area contributed by atoms with E-state index in [2.05, 4.69) is 26.0 Å². The highest BCUT2D eigenvalue weighted by Crippen LogP contribution is 2.24. The van der Waals surface area contributed by atoms with E-state index in [9.17, 15) is 0 Å². The van der Waals surface area contributed by atoms with Crippen LogP contribution in [0, 0.1) is 12.8 Å². The minimum atomic E-state index is 0. The third-order valence-corrected chi connectivity index (χ3v) is 2.57. The molecule has 0 saturated heterocycles. The van der Waals surface area contributed by atoms with Crippen molar-refractivity contribution in [2.24, 2.45) is 11.7 Å². The number of nitrogens with two attached hydrogens (primary N) is 1. The van der Waals surface area contributed by atoms with Crippen LogP contribution in [0.3, 0.4) is 0 Å². The fourth-order valence-corrected chi connectivity index (χ4v) is 1.78. The van der Waals surface area contributed by atoms with Gasteiger partial charge in [0.25, 0.3) is 0 Å². The van der Waals surface area contributed by atoms with Gasteiger partial charge in [-0.25, -0.2) is 0 Å². The molecule has 0 aliphatic carbocycles. The highest BCUT2D eigenvalue weighted by molar-refractivity contribution is 5.85. The molecule has 1 aromatic rings. The summed E-state index contributed by atoms with van der Waals surface area (Å²) < 4.78 is 5.22. The summed E-state index contributed by atoms with van der Waals surface area (Å²) >= 11 is 0. The molecule has 0 aromatic heterocycles. The summed E-state index contributed by atoms with van der Waals surface area (Å²) in [4.78, 5) is 0. The molecule has 0 aliphatic heterocycles. The van der Waals surface area contributed by atoms with Gasteiger partial charge in [0.1, 0.15) is 5.75 Å². The van der Waals surface area contributed by atoms with Gasteiger partial charge < -0.3 is 10.5 Å². The number of halogens is 1. The van der Waals surface area contributed by atoms with Crippen molar-refractivity contribution in [2.75, 3.05) is 7.11 Å². The number of hydrogen-bond donors (Lipinski definition) is 1. The molecule has 1 rings (SSSR count). The predicted octanol–water partition coefficient (Wildman–Crippen LogP) is 3.47. The molecule has 1 aromatic carbocycles. The van der Waals surface area contributed by atoms with Crippen LogP contribution in [0.25, 0.3) is 0 Å². The molecule has 0 radical (unpaired) electrons. The van der Waals surface area contributed by atoms with E-state index in [0.717, 1.165) is 17.7 Å². The molecular formula is C13H22ClNO. The van der Waals surface area contributed by atoms with Crippen molar-refractivity contribution in [1.29, 1.82) is 0 Å². The lowest BCUT2D eigenvalue weighted by Crippen LogP contribution is -2.13. The number of benzene rings is 1. The Morgan fingerprint density at radius 2 is 1.94 bits per heavy atom. The van der Waals surface area contributed by atoms with Gasteiger partial charge in [0, 0.05) is 6.04 Å². The number of aryl methyl sites for hydroxylation is 1. The Labute approximate surface area is 105 Å². The zero-order chi connectivity index (χ0) is 11.4. The summed E-state index contributed by atoms with van der Waals surface area (Å²) in [6.07, 6.45) is 1.02. The van der Waals surface area contributed by atoms with Gasteiger partial charge >= 0.3 is 0 Å². The van der Waals surface area contributed by atoms with Crippen LogP contribution in [0.2, 0.25) is 0 Å². The van der Waals surface area contributed by atoms with Crippen LogP contribution in [-0.4, -0.2) is 7.11 Å². The second kappa shape index (κ2) is 6.77. The molecule has 0 fully saturated rings. The van der Waals surface area contributed by atoms with Crippen LogP contribution >= 0.6 is 12.4 Å². The fourth-order valence-electron chi connectivity index (χ4n) is 1.78. The summed E-state index contributed by atoms with van der Waals surface area (Å²) in [7, 11) is 1.69. The molecule has 1 atom stereocenters. The van der Waals surface area contributed by atoms with Gasteiger partial charge in [0.15, 0.2) is 0 Å². The van der Waals surface area contributed by atoms with Crippen LogP contribution in [0.4, 0.5) is 0 Å². The first-order valence-electron chi connectivity index (χ1n) is 5.44. The molecule has 2 N–H and O–H groups in total. The van der Waals surface area contributed by atoms with Gasteiger partial charge in [0.2, 0.25) is 0 Å². The number of methoxy groups -OCH3 is 1. The summed E-state index contributed by atoms with van der Waals surface area (Å²) in [5, 5.41) is 0. The monoisotopic (exact) mass is 243 g/mol. The van der Waals surface area contributed by atoms with Crippen LogP contribution in [0.1, 0.15) is 37.4 Å². The first-order valence-corrected chi connectivity index (χ1v) is 5.44. The normalized spacial score (nSPS) is 12.1. The van der Waals surface area contributed by atoms with Crippen LogP contribution in [0.15, 0.2) is 18.2 Å². The van der Waals surface area contributed by atoms with Gasteiger partial charge in [0.05, 0.1) is 7.11 Å². The van der Waals surface area contributed by atoms with E-state index in [-0.39, 0.29) is 18.4 Å². The van der Waals surface area contributed by atoms with Crippen molar-refractivity contribution in [1.82, 2.24) is 0 Å². The SMILES string of the molecule is COc1ccc([C@H](N)CC(C)C)cc1C.Cl. The summed E-state index contributed by atoms with van der Waals surface area (Å²) in [5.74, 6) is 1.55. The van der Waals surface area contributed by atoms with Gasteiger partial charge in [-0.3, -0.25) is 0 Å². The predicted molar refractivity (Wildman–Crippen MR) is 71.4 cm³/mol. The molecular weight excluding hydrogens is 222 g/mol. The second-order valence-electron chi connectivity index (χ2n) is 4.47. The van der Waals surface area contributed by atoms with E-state index in [1.807, 2.05) is 13.0 Å². The van der Waals surface area contributed by atoms with E-state index in [0.29, 0.717) is 5.92 Å². The number of rotatable bonds is 4. The largest absolute Gasteiger partial charge is 0.496 e. The lowest BCUT2D eigenvalue weighted by molar-refractivity contribution is 0.411. The fraction of sp³-hybridized carbons (Fsp3) is 0.538. The van der Waals surface area contributed by atoms with Crippen molar-refractivity contribution < 1.29 is 4.74 Å². The zero-order valence-electron chi connectivity index (χ0n) is 10.5. The van der Waals surface area contributed by atoms with Crippen LogP contribution in [0.5, 0.6) is 5.75 Å². The van der Waals surface area contributed by atoms with Crippen molar-refractivity contribution in [2.45, 2.75) is 33.2 Å². The molecule has 16 heavy (non-hydrogen) atoms. The van der Waals surface area contributed by atoms with E-state index >= 15 is 0 Å². The zero-order valence-corrected chi connectivity index (χ0v) is 11.3. The third-order valence-electron chi connectivity index (χ3n) is 2.57. The van der Waals surface area contributed by atoms with Crippen molar-refractivity contribution in [3.05, 3.63) is 29.3 Å². The van der Waals surface area contributed by atoms with Gasteiger partial charge in [-0.2, -0.15) is 0 Å². The molecule has 3 heteroatoms. The first-order chi connectivity index (χ1) is 7.04. The van der Waals surface area contributed by atoms with Crippen molar-refractivity contribution in [3.63, 3.8) is 0 Å². The van der Waals surface area contributed by atoms with Gasteiger partial charge in [-0.05, 0) is 36.5 Å². The van der Waals surface area contributed by atoms with E-state index in [1.165, 1.54) is 5.56 Å². The van der Waals surface area contributed by atoms with Gasteiger partial charge in [-0.1, -0.05) is 26.0 Å². The van der Waals surface area contributed by atoms with E-state index in [4.69, 9.17) is 10.5 Å². The molecule has 0 amide bonds. The maximum atomic E-state index is 6.12. The maximum absolute atomic E-state index is 6.12. The highest BCUT2D eigenvalue weighted by Gasteiger charge is 2.09. The Morgan fingerprint density at radius 1 is 1.31 bits per heavy atom. The Balaban J connectivity index is 0.00000225. The first kappa shape index (κ1) is 15.3. The summed E-state index contributed by atoms with van der Waals surface area (Å²) in [6, 6.07) is 6.30. The summed E-state index contributed by atoms with van der Waals surface area (Å²) in [6.45, 7) is 6.43. The van der Waals surface area contributed by atoms with E-state index < -0.39 is 0 Å². The second-order valence-corrected chi connectivity index (χ2v) is 4.47. The smallest absolute Gasteiger partial charge is 0.121 e. The molecule has 0 bridgehead atoms. The third kappa shape index (κ3) is 4.03. The molecule has 92 valence electrons. The summed E-state index contributed by atoms with van der Waals surface area (Å²) in [5.41, 5.74) is 8.46. The molecule has 0 unspecified atom stereocenters. The van der Waals surface area contributed by atoms with E-state index in [1.54, 1.807) is 7.11 Å². The lowest BCUT2D eigenvalue weighted by Gasteiger charge is -2.16. The average Bonchev–Trinajstić information content (AvgIpc) is 2.16. The highest BCUT2D eigenvalue weighted by atomic mass is 35.5. The minimum absolute atomic E-state index is 0. The minimum Gasteiger partial charge on any atom is -0.496 e. The van der Waals surface area contributed by atoms with Crippen molar-refractivity contribution >= 4 is 12.4 Å². The number of hydrogen-bond acceptors (Lipinski definition) is 2. The Morgan fingerprint density at radius 3 is 2.38 bits per heavy atom. The molecule has 2 nitrogen and oxygen atoms in total. The number of ether oxygens (including phenoxy) is 1. The topological polar surface area (TPSA) is 35.2 Å². The molecule has 0 saturated carbocycles. The molecule has 0 aliphatic rings. The molecule has 0 spiro atoms. The maximum Gasteiger partial charge on any atom is 0.121 e. The van der Waals surface area contributed by atoms with Crippen LogP contribution in [-0.2, 0) is 0 Å². The standard InChI is InChI=1S/C13H21NO.ClH/c1-9(2)7-12(14)11-5-6-13(15-4)10(3)8-11;/h5-6,8-9,12H,7,14H2,1-4H3;1H/t12-;/m1./s1. The Kier molecular flexibility index (Phi) is 6.46. The van der Waals surface area contributed by atoms with Gasteiger partial charge in [-0.15, -0.1) is 12.4 Å². The average molecular weight is 244 g/mol. The Hall–Kier alpha value is -0.730. The molecule has 0 heterocycles. The lowest BCUT2D eigenvalue weighted by atomic mass is 9.96. The van der Waals surface area contributed by atoms with Crippen LogP contribution < -0.4 is 10.5 Å².